The highest BCUT2D eigenvalue weighted by Crippen LogP contribution is 2.15. The summed E-state index contributed by atoms with van der Waals surface area (Å²) in [5.74, 6) is 3.11. The molecular weight excluding hydrogens is 254 g/mol. The largest absolute Gasteiger partial charge is 0.312 e. The molecule has 104 valence electrons. The first-order valence-electron chi connectivity index (χ1n) is 7.08. The first kappa shape index (κ1) is 14.6. The molecule has 1 aromatic carbocycles. The van der Waals surface area contributed by atoms with Crippen molar-refractivity contribution in [3.63, 3.8) is 0 Å². The quantitative estimate of drug-likeness (QED) is 0.838. The lowest BCUT2D eigenvalue weighted by Gasteiger charge is -2.22. The van der Waals surface area contributed by atoms with Gasteiger partial charge in [-0.2, -0.15) is 11.8 Å². The molecule has 0 aromatic heterocycles. The van der Waals surface area contributed by atoms with Gasteiger partial charge in [-0.25, -0.2) is 0 Å². The molecule has 1 fully saturated rings. The van der Waals surface area contributed by atoms with E-state index in [0.717, 1.165) is 30.0 Å². The summed E-state index contributed by atoms with van der Waals surface area (Å²) in [7, 11) is 0. The number of hydrogen-bond donors (Lipinski definition) is 1. The molecule has 1 atom stereocenters. The van der Waals surface area contributed by atoms with Crippen molar-refractivity contribution < 1.29 is 4.79 Å². The lowest BCUT2D eigenvalue weighted by molar-refractivity contribution is 0.0972. The third kappa shape index (κ3) is 4.66. The van der Waals surface area contributed by atoms with E-state index in [4.69, 9.17) is 0 Å². The van der Waals surface area contributed by atoms with Gasteiger partial charge >= 0.3 is 0 Å². The highest BCUT2D eigenvalue weighted by molar-refractivity contribution is 7.99. The van der Waals surface area contributed by atoms with Crippen LogP contribution in [0.4, 0.5) is 0 Å². The molecule has 0 amide bonds. The minimum Gasteiger partial charge on any atom is -0.312 e. The lowest BCUT2D eigenvalue weighted by atomic mass is 9.98. The molecule has 1 aliphatic heterocycles. The zero-order chi connectivity index (χ0) is 13.7. The highest BCUT2D eigenvalue weighted by atomic mass is 32.2. The van der Waals surface area contributed by atoms with E-state index in [1.165, 1.54) is 5.56 Å². The van der Waals surface area contributed by atoms with E-state index in [9.17, 15) is 4.79 Å². The molecule has 0 radical (unpaired) electrons. The van der Waals surface area contributed by atoms with Crippen LogP contribution in [0, 0.1) is 5.92 Å². The van der Waals surface area contributed by atoms with Crippen LogP contribution in [0.1, 0.15) is 36.2 Å². The predicted octanol–water partition coefficient (Wildman–Crippen LogP) is 3.16. The van der Waals surface area contributed by atoms with Gasteiger partial charge in [0.2, 0.25) is 0 Å². The average Bonchev–Trinajstić information content (AvgIpc) is 2.39. The first-order chi connectivity index (χ1) is 9.15. The maximum atomic E-state index is 12.3. The Bertz CT molecular complexity index is 425. The normalized spacial score (nSPS) is 19.6. The fourth-order valence-corrected chi connectivity index (χ4v) is 3.38. The van der Waals surface area contributed by atoms with Gasteiger partial charge in [0.25, 0.3) is 0 Å². The predicted molar refractivity (Wildman–Crippen MR) is 83.0 cm³/mol. The Morgan fingerprint density at radius 1 is 1.47 bits per heavy atom. The molecule has 0 spiro atoms. The number of carbonyl (C=O) groups is 1. The molecule has 1 unspecified atom stereocenters. The monoisotopic (exact) mass is 277 g/mol. The lowest BCUT2D eigenvalue weighted by Crippen LogP contribution is -2.38. The molecular formula is C16H23NOS. The van der Waals surface area contributed by atoms with E-state index in [1.54, 1.807) is 0 Å². The highest BCUT2D eigenvalue weighted by Gasteiger charge is 2.17. The standard InChI is InChI=1S/C16H23NOS/c1-12(2)8-13-4-3-5-14(9-13)16(18)10-15-11-19-7-6-17-15/h3-5,9,12,15,17H,6-8,10-11H2,1-2H3. The van der Waals surface area contributed by atoms with Gasteiger partial charge in [0.1, 0.15) is 0 Å². The molecule has 1 saturated heterocycles. The van der Waals surface area contributed by atoms with E-state index in [-0.39, 0.29) is 5.78 Å². The van der Waals surface area contributed by atoms with Gasteiger partial charge < -0.3 is 5.32 Å². The van der Waals surface area contributed by atoms with Crippen LogP contribution in [0.5, 0.6) is 0 Å². The van der Waals surface area contributed by atoms with Crippen LogP contribution in [0.25, 0.3) is 0 Å². The zero-order valence-electron chi connectivity index (χ0n) is 11.8. The van der Waals surface area contributed by atoms with Crippen molar-refractivity contribution in [1.29, 1.82) is 0 Å². The van der Waals surface area contributed by atoms with Crippen molar-refractivity contribution in [2.24, 2.45) is 5.92 Å². The molecule has 2 nitrogen and oxygen atoms in total. The third-order valence-corrected chi connectivity index (χ3v) is 4.45. The van der Waals surface area contributed by atoms with E-state index >= 15 is 0 Å². The fraction of sp³-hybridized carbons (Fsp3) is 0.562. The summed E-state index contributed by atoms with van der Waals surface area (Å²) in [6, 6.07) is 8.49. The molecule has 2 rings (SSSR count). The van der Waals surface area contributed by atoms with Crippen LogP contribution in [0.3, 0.4) is 0 Å². The third-order valence-electron chi connectivity index (χ3n) is 3.32. The van der Waals surface area contributed by atoms with Gasteiger partial charge in [-0.3, -0.25) is 4.79 Å². The summed E-state index contributed by atoms with van der Waals surface area (Å²) >= 11 is 1.94. The number of benzene rings is 1. The van der Waals surface area contributed by atoms with E-state index < -0.39 is 0 Å². The molecule has 1 N–H and O–H groups in total. The first-order valence-corrected chi connectivity index (χ1v) is 8.24. The van der Waals surface area contributed by atoms with Gasteiger partial charge in [0.05, 0.1) is 0 Å². The number of Topliss-reactive ketones (excluding diaryl/α,β-unsaturated/α-hetero) is 1. The van der Waals surface area contributed by atoms with Crippen molar-refractivity contribution in [2.75, 3.05) is 18.1 Å². The SMILES string of the molecule is CC(C)Cc1cccc(C(=O)CC2CSCCN2)c1. The minimum absolute atomic E-state index is 0.269. The molecule has 0 bridgehead atoms. The summed E-state index contributed by atoms with van der Waals surface area (Å²) in [5.41, 5.74) is 2.14. The van der Waals surface area contributed by atoms with Crippen molar-refractivity contribution >= 4 is 17.5 Å². The molecule has 1 heterocycles. The van der Waals surface area contributed by atoms with E-state index in [1.807, 2.05) is 23.9 Å². The number of thioether (sulfide) groups is 1. The van der Waals surface area contributed by atoms with Crippen LogP contribution < -0.4 is 5.32 Å². The van der Waals surface area contributed by atoms with Crippen molar-refractivity contribution in [3.05, 3.63) is 35.4 Å². The van der Waals surface area contributed by atoms with Gasteiger partial charge in [0, 0.05) is 36.1 Å². The van der Waals surface area contributed by atoms with Crippen molar-refractivity contribution in [3.8, 4) is 0 Å². The number of rotatable bonds is 5. The van der Waals surface area contributed by atoms with Crippen molar-refractivity contribution in [1.82, 2.24) is 5.32 Å². The Labute approximate surface area is 120 Å². The number of nitrogens with one attached hydrogen (secondary N) is 1. The van der Waals surface area contributed by atoms with Crippen molar-refractivity contribution in [2.45, 2.75) is 32.7 Å². The Kier molecular flexibility index (Phi) is 5.46. The molecule has 0 aliphatic carbocycles. The second-order valence-electron chi connectivity index (χ2n) is 5.65. The zero-order valence-corrected chi connectivity index (χ0v) is 12.6. The molecule has 1 aromatic rings. The second-order valence-corrected chi connectivity index (χ2v) is 6.80. The summed E-state index contributed by atoms with van der Waals surface area (Å²) in [5, 5.41) is 3.42. The van der Waals surface area contributed by atoms with Gasteiger partial charge in [-0.15, -0.1) is 0 Å². The molecule has 0 saturated carbocycles. The Morgan fingerprint density at radius 3 is 3.00 bits per heavy atom. The van der Waals surface area contributed by atoms with Gasteiger partial charge in [-0.05, 0) is 24.0 Å². The Balaban J connectivity index is 1.97. The van der Waals surface area contributed by atoms with Gasteiger partial charge in [0.15, 0.2) is 5.78 Å². The van der Waals surface area contributed by atoms with E-state index in [2.05, 4.69) is 31.3 Å². The second kappa shape index (κ2) is 7.11. The summed E-state index contributed by atoms with van der Waals surface area (Å²) < 4.78 is 0. The average molecular weight is 277 g/mol. The summed E-state index contributed by atoms with van der Waals surface area (Å²) in [6.45, 7) is 5.44. The van der Waals surface area contributed by atoms with Crippen LogP contribution in [-0.4, -0.2) is 29.9 Å². The minimum atomic E-state index is 0.269. The van der Waals surface area contributed by atoms with Crippen LogP contribution in [-0.2, 0) is 6.42 Å². The summed E-state index contributed by atoms with van der Waals surface area (Å²) in [4.78, 5) is 12.3. The molecule has 1 aliphatic rings. The molecule has 19 heavy (non-hydrogen) atoms. The smallest absolute Gasteiger partial charge is 0.164 e. The number of carbonyl (C=O) groups excluding carboxylic acids is 1. The summed E-state index contributed by atoms with van der Waals surface area (Å²) in [6.07, 6.45) is 1.66. The van der Waals surface area contributed by atoms with Gasteiger partial charge in [-0.1, -0.05) is 32.0 Å². The van der Waals surface area contributed by atoms with Crippen LogP contribution >= 0.6 is 11.8 Å². The Hall–Kier alpha value is -0.800. The maximum absolute atomic E-state index is 12.3. The number of hydrogen-bond acceptors (Lipinski definition) is 3. The fourth-order valence-electron chi connectivity index (χ4n) is 2.44. The van der Waals surface area contributed by atoms with Crippen LogP contribution in [0.2, 0.25) is 0 Å². The maximum Gasteiger partial charge on any atom is 0.164 e. The topological polar surface area (TPSA) is 29.1 Å². The number of ketones is 1. The Morgan fingerprint density at radius 2 is 2.32 bits per heavy atom. The van der Waals surface area contributed by atoms with Crippen LogP contribution in [0.15, 0.2) is 24.3 Å². The molecule has 3 heteroatoms. The van der Waals surface area contributed by atoms with E-state index in [0.29, 0.717) is 18.4 Å².